The summed E-state index contributed by atoms with van der Waals surface area (Å²) in [5, 5.41) is 9.16. The first-order chi connectivity index (χ1) is 15.0. The molecule has 0 radical (unpaired) electrons. The predicted molar refractivity (Wildman–Crippen MR) is 122 cm³/mol. The van der Waals surface area contributed by atoms with Gasteiger partial charge in [-0.3, -0.25) is 4.79 Å². The molecule has 1 atom stereocenters. The molecule has 1 unspecified atom stereocenters. The smallest absolute Gasteiger partial charge is 0.267 e. The van der Waals surface area contributed by atoms with Crippen molar-refractivity contribution < 1.29 is 9.18 Å². The van der Waals surface area contributed by atoms with Crippen LogP contribution in [-0.4, -0.2) is 21.6 Å². The first kappa shape index (κ1) is 19.8. The van der Waals surface area contributed by atoms with E-state index in [4.69, 9.17) is 11.6 Å². The molecule has 2 aromatic heterocycles. The summed E-state index contributed by atoms with van der Waals surface area (Å²) in [7, 11) is 0. The number of aryl methyl sites for hydroxylation is 1. The Morgan fingerprint density at radius 1 is 1.16 bits per heavy atom. The highest BCUT2D eigenvalue weighted by Gasteiger charge is 2.36. The van der Waals surface area contributed by atoms with Crippen LogP contribution in [0.4, 0.5) is 4.39 Å². The quantitative estimate of drug-likeness (QED) is 0.340. The highest BCUT2D eigenvalue weighted by atomic mass is 35.5. The van der Waals surface area contributed by atoms with Gasteiger partial charge < -0.3 is 0 Å². The number of nitrogens with zero attached hydrogens (tertiary/aromatic N) is 3. The maximum absolute atomic E-state index is 14.4. The van der Waals surface area contributed by atoms with E-state index in [1.54, 1.807) is 23.5 Å². The van der Waals surface area contributed by atoms with Crippen LogP contribution >= 0.6 is 22.9 Å². The second-order valence-electron chi connectivity index (χ2n) is 7.44. The fraction of sp³-hybridized carbons (Fsp3) is 0.125. The fourth-order valence-corrected chi connectivity index (χ4v) is 4.80. The van der Waals surface area contributed by atoms with E-state index in [-0.39, 0.29) is 5.56 Å². The molecule has 4 nitrogen and oxygen atoms in total. The molecule has 0 fully saturated rings. The minimum absolute atomic E-state index is 0.0237. The Morgan fingerprint density at radius 2 is 2.00 bits per heavy atom. The van der Waals surface area contributed by atoms with Crippen molar-refractivity contribution in [2.45, 2.75) is 19.4 Å². The predicted octanol–water partition coefficient (Wildman–Crippen LogP) is 6.39. The average Bonchev–Trinajstić information content (AvgIpc) is 3.43. The maximum Gasteiger partial charge on any atom is 0.277 e. The summed E-state index contributed by atoms with van der Waals surface area (Å²) in [5.41, 5.74) is 3.32. The van der Waals surface area contributed by atoms with Crippen molar-refractivity contribution in [1.29, 1.82) is 0 Å². The number of pyridine rings is 1. The number of hydrogen-bond acceptors (Lipinski definition) is 4. The number of amides is 1. The summed E-state index contributed by atoms with van der Waals surface area (Å²) in [6, 6.07) is 17.2. The zero-order valence-electron chi connectivity index (χ0n) is 16.5. The number of thiophene rings is 1. The number of aromatic nitrogens is 1. The number of fused-ring (bicyclic) bond motifs is 1. The van der Waals surface area contributed by atoms with E-state index >= 15 is 0 Å². The summed E-state index contributed by atoms with van der Waals surface area (Å²) in [6.45, 7) is 2.01. The van der Waals surface area contributed by atoms with Gasteiger partial charge in [-0.05, 0) is 48.7 Å². The molecule has 3 heterocycles. The average molecular weight is 450 g/mol. The van der Waals surface area contributed by atoms with E-state index in [1.165, 1.54) is 17.1 Å². The third-order valence-electron chi connectivity index (χ3n) is 5.34. The molecule has 1 aliphatic heterocycles. The van der Waals surface area contributed by atoms with E-state index in [0.29, 0.717) is 17.1 Å². The lowest BCUT2D eigenvalue weighted by Crippen LogP contribution is -2.28. The van der Waals surface area contributed by atoms with E-state index in [9.17, 15) is 9.18 Å². The van der Waals surface area contributed by atoms with Crippen LogP contribution in [0.5, 0.6) is 0 Å². The molecule has 0 saturated heterocycles. The third-order valence-corrected chi connectivity index (χ3v) is 6.56. The van der Waals surface area contributed by atoms with Gasteiger partial charge in [0.25, 0.3) is 5.91 Å². The number of carbonyl (C=O) groups excluding carboxylic acids is 1. The van der Waals surface area contributed by atoms with Crippen LogP contribution in [0.15, 0.2) is 71.1 Å². The zero-order valence-corrected chi connectivity index (χ0v) is 18.1. The standard InChI is InChI=1S/C24H17ClFN3OS/c1-14-8-9-19-15(11-14)12-17(23(25)27-19)21-13-20(22-7-4-10-31-22)28-29(21)24(30)16-5-2-3-6-18(16)26/h2-12,21H,13H2,1H3. The third kappa shape index (κ3) is 3.62. The van der Waals surface area contributed by atoms with Crippen LogP contribution in [0.1, 0.15) is 38.8 Å². The minimum atomic E-state index is -0.579. The molecule has 1 aliphatic rings. The highest BCUT2D eigenvalue weighted by molar-refractivity contribution is 7.12. The second-order valence-corrected chi connectivity index (χ2v) is 8.74. The number of hydrogen-bond donors (Lipinski definition) is 0. The van der Waals surface area contributed by atoms with Gasteiger partial charge in [0.15, 0.2) is 0 Å². The van der Waals surface area contributed by atoms with Crippen molar-refractivity contribution in [3.8, 4) is 0 Å². The van der Waals surface area contributed by atoms with E-state index < -0.39 is 17.8 Å². The van der Waals surface area contributed by atoms with Crippen molar-refractivity contribution in [3.63, 3.8) is 0 Å². The molecule has 0 bridgehead atoms. The summed E-state index contributed by atoms with van der Waals surface area (Å²) in [6.07, 6.45) is 0.472. The lowest BCUT2D eigenvalue weighted by Gasteiger charge is -2.23. The van der Waals surface area contributed by atoms with Crippen LogP contribution in [0.25, 0.3) is 10.9 Å². The molecule has 5 rings (SSSR count). The van der Waals surface area contributed by atoms with Gasteiger partial charge >= 0.3 is 0 Å². The van der Waals surface area contributed by atoms with Crippen molar-refractivity contribution in [3.05, 3.63) is 98.6 Å². The molecule has 7 heteroatoms. The van der Waals surface area contributed by atoms with Gasteiger partial charge in [0, 0.05) is 17.4 Å². The molecule has 0 spiro atoms. The summed E-state index contributed by atoms with van der Waals surface area (Å²) in [4.78, 5) is 18.8. The van der Waals surface area contributed by atoms with Gasteiger partial charge in [0.2, 0.25) is 0 Å². The first-order valence-corrected chi connectivity index (χ1v) is 11.0. The van der Waals surface area contributed by atoms with Crippen LogP contribution in [0, 0.1) is 12.7 Å². The molecule has 154 valence electrons. The van der Waals surface area contributed by atoms with Crippen LogP contribution in [-0.2, 0) is 0 Å². The summed E-state index contributed by atoms with van der Waals surface area (Å²) >= 11 is 8.12. The normalized spacial score (nSPS) is 16.0. The fourth-order valence-electron chi connectivity index (χ4n) is 3.81. The van der Waals surface area contributed by atoms with Crippen molar-refractivity contribution in [1.82, 2.24) is 9.99 Å². The Morgan fingerprint density at radius 3 is 2.77 bits per heavy atom. The molecule has 0 saturated carbocycles. The van der Waals surface area contributed by atoms with Gasteiger partial charge in [-0.15, -0.1) is 11.3 Å². The van der Waals surface area contributed by atoms with Crippen molar-refractivity contribution in [2.24, 2.45) is 5.10 Å². The summed E-state index contributed by atoms with van der Waals surface area (Å²) < 4.78 is 14.4. The molecular formula is C24H17ClFN3OS. The first-order valence-electron chi connectivity index (χ1n) is 9.77. The zero-order chi connectivity index (χ0) is 21.5. The number of carbonyl (C=O) groups is 1. The van der Waals surface area contributed by atoms with Gasteiger partial charge in [0.1, 0.15) is 11.0 Å². The second kappa shape index (κ2) is 7.87. The Kier molecular flexibility index (Phi) is 5.04. The Labute approximate surface area is 187 Å². The maximum atomic E-state index is 14.4. The van der Waals surface area contributed by atoms with Crippen molar-refractivity contribution in [2.75, 3.05) is 0 Å². The monoisotopic (exact) mass is 449 g/mol. The Balaban J connectivity index is 1.63. The highest BCUT2D eigenvalue weighted by Crippen LogP contribution is 2.38. The van der Waals surface area contributed by atoms with E-state index in [0.717, 1.165) is 27.1 Å². The Bertz CT molecular complexity index is 1340. The lowest BCUT2D eigenvalue weighted by molar-refractivity contribution is 0.0706. The van der Waals surface area contributed by atoms with E-state index in [1.807, 2.05) is 48.7 Å². The van der Waals surface area contributed by atoms with Crippen LogP contribution in [0.2, 0.25) is 5.15 Å². The molecule has 0 aliphatic carbocycles. The largest absolute Gasteiger partial charge is 0.277 e. The number of hydrazone groups is 1. The van der Waals surface area contributed by atoms with Gasteiger partial charge in [-0.25, -0.2) is 14.4 Å². The van der Waals surface area contributed by atoms with Gasteiger partial charge in [-0.1, -0.05) is 41.4 Å². The Hall–Kier alpha value is -3.09. The van der Waals surface area contributed by atoms with E-state index in [2.05, 4.69) is 10.1 Å². The van der Waals surface area contributed by atoms with Gasteiger partial charge in [0.05, 0.1) is 27.7 Å². The van der Waals surface area contributed by atoms with Crippen LogP contribution in [0.3, 0.4) is 0 Å². The molecular weight excluding hydrogens is 433 g/mol. The molecule has 1 amide bonds. The SMILES string of the molecule is Cc1ccc2nc(Cl)c(C3CC(c4cccs4)=NN3C(=O)c3ccccc3F)cc2c1. The summed E-state index contributed by atoms with van der Waals surface area (Å²) in [5.74, 6) is -1.08. The van der Waals surface area contributed by atoms with Gasteiger partial charge in [-0.2, -0.15) is 5.10 Å². The molecule has 2 aromatic carbocycles. The topological polar surface area (TPSA) is 45.6 Å². The lowest BCUT2D eigenvalue weighted by atomic mass is 10.00. The molecule has 4 aromatic rings. The number of benzene rings is 2. The van der Waals surface area contributed by atoms with Crippen LogP contribution < -0.4 is 0 Å². The molecule has 0 N–H and O–H groups in total. The van der Waals surface area contributed by atoms with Crippen molar-refractivity contribution >= 4 is 45.5 Å². The number of rotatable bonds is 3. The molecule has 31 heavy (non-hydrogen) atoms. The number of halogens is 2. The minimum Gasteiger partial charge on any atom is -0.267 e.